The molecular formula is C18H13F3OSi. The molecule has 0 radical (unpaired) electrons. The van der Waals surface area contributed by atoms with Crippen LogP contribution in [0.5, 0.6) is 0 Å². The number of halogens is 3. The van der Waals surface area contributed by atoms with E-state index in [-0.39, 0.29) is 0 Å². The summed E-state index contributed by atoms with van der Waals surface area (Å²) in [5.74, 6) is -1.24. The fraction of sp³-hybridized carbons (Fsp3) is 0. The zero-order valence-electron chi connectivity index (χ0n) is 12.0. The molecule has 0 heterocycles. The molecule has 0 unspecified atom stereocenters. The summed E-state index contributed by atoms with van der Waals surface area (Å²) >= 11 is 0. The van der Waals surface area contributed by atoms with Gasteiger partial charge in [-0.3, -0.25) is 0 Å². The maximum absolute atomic E-state index is 13.2. The van der Waals surface area contributed by atoms with Crippen LogP contribution in [-0.4, -0.2) is 13.1 Å². The molecule has 3 aromatic rings. The Kier molecular flexibility index (Phi) is 4.06. The molecular weight excluding hydrogens is 317 g/mol. The number of hydrogen-bond acceptors (Lipinski definition) is 1. The van der Waals surface area contributed by atoms with Crippen LogP contribution in [0.15, 0.2) is 72.8 Å². The Bertz CT molecular complexity index is 688. The molecule has 0 amide bonds. The first-order valence-corrected chi connectivity index (χ1v) is 8.95. The summed E-state index contributed by atoms with van der Waals surface area (Å²) in [4.78, 5) is 11.5. The molecule has 23 heavy (non-hydrogen) atoms. The molecule has 0 bridgehead atoms. The smallest absolute Gasteiger partial charge is 0.285 e. The van der Waals surface area contributed by atoms with Crippen molar-refractivity contribution in [2.45, 2.75) is 0 Å². The van der Waals surface area contributed by atoms with Crippen LogP contribution >= 0.6 is 0 Å². The van der Waals surface area contributed by atoms with Gasteiger partial charge in [-0.25, -0.2) is 13.2 Å². The van der Waals surface area contributed by atoms with Gasteiger partial charge in [0.15, 0.2) is 0 Å². The Morgan fingerprint density at radius 1 is 0.478 bits per heavy atom. The molecule has 0 aromatic heterocycles. The second-order valence-corrected chi connectivity index (χ2v) is 8.38. The summed E-state index contributed by atoms with van der Waals surface area (Å²) < 4.78 is 39.7. The molecule has 1 N–H and O–H groups in total. The number of hydrogen-bond donors (Lipinski definition) is 1. The van der Waals surface area contributed by atoms with Crippen molar-refractivity contribution in [3.05, 3.63) is 90.2 Å². The number of benzene rings is 3. The van der Waals surface area contributed by atoms with Crippen molar-refractivity contribution in [1.82, 2.24) is 0 Å². The van der Waals surface area contributed by atoms with Crippen LogP contribution in [0.25, 0.3) is 0 Å². The summed E-state index contributed by atoms with van der Waals surface area (Å²) in [5, 5.41) is 1.62. The van der Waals surface area contributed by atoms with E-state index in [1.807, 2.05) is 0 Å². The topological polar surface area (TPSA) is 20.2 Å². The van der Waals surface area contributed by atoms with Crippen LogP contribution in [0.3, 0.4) is 0 Å². The van der Waals surface area contributed by atoms with Gasteiger partial charge in [0, 0.05) is 0 Å². The van der Waals surface area contributed by atoms with Gasteiger partial charge in [0.25, 0.3) is 8.32 Å². The highest BCUT2D eigenvalue weighted by molar-refractivity contribution is 7.06. The fourth-order valence-corrected chi connectivity index (χ4v) is 5.52. The predicted octanol–water partition coefficient (Wildman–Crippen LogP) is 2.06. The average Bonchev–Trinajstić information content (AvgIpc) is 2.56. The largest absolute Gasteiger partial charge is 0.421 e. The summed E-state index contributed by atoms with van der Waals surface area (Å²) in [6, 6.07) is 16.6. The first-order chi connectivity index (χ1) is 11.0. The fourth-order valence-electron chi connectivity index (χ4n) is 2.57. The molecule has 3 rings (SSSR count). The molecule has 0 atom stereocenters. The molecule has 0 spiro atoms. The quantitative estimate of drug-likeness (QED) is 0.576. The standard InChI is InChI=1S/C18H13F3OSi/c19-13-1-7-16(8-2-13)23(22,17-9-3-14(20)4-10-17)18-11-5-15(21)6-12-18/h1-12,22H. The molecule has 0 aliphatic carbocycles. The second kappa shape index (κ2) is 6.02. The normalized spacial score (nSPS) is 11.5. The maximum Gasteiger partial charge on any atom is 0.285 e. The van der Waals surface area contributed by atoms with E-state index in [9.17, 15) is 18.0 Å². The van der Waals surface area contributed by atoms with E-state index in [2.05, 4.69) is 0 Å². The van der Waals surface area contributed by atoms with Crippen molar-refractivity contribution >= 4 is 23.9 Å². The highest BCUT2D eigenvalue weighted by Crippen LogP contribution is 2.07. The van der Waals surface area contributed by atoms with Gasteiger partial charge in [-0.05, 0) is 52.0 Å². The first kappa shape index (κ1) is 15.5. The van der Waals surface area contributed by atoms with Crippen molar-refractivity contribution in [2.75, 3.05) is 0 Å². The zero-order chi connectivity index (χ0) is 16.4. The minimum Gasteiger partial charge on any atom is -0.421 e. The molecule has 0 fully saturated rings. The van der Waals surface area contributed by atoms with E-state index in [1.165, 1.54) is 72.8 Å². The summed E-state index contributed by atoms with van der Waals surface area (Å²) in [7, 11) is -3.45. The van der Waals surface area contributed by atoms with Crippen molar-refractivity contribution in [3.63, 3.8) is 0 Å². The molecule has 0 aliphatic heterocycles. The molecule has 3 aromatic carbocycles. The van der Waals surface area contributed by atoms with E-state index < -0.39 is 25.8 Å². The zero-order valence-corrected chi connectivity index (χ0v) is 13.0. The Balaban J connectivity index is 2.21. The summed E-state index contributed by atoms with van der Waals surface area (Å²) in [6.45, 7) is 0. The third kappa shape index (κ3) is 2.93. The molecule has 0 aliphatic rings. The molecule has 116 valence electrons. The lowest BCUT2D eigenvalue weighted by atomic mass is 10.3. The Morgan fingerprint density at radius 2 is 0.696 bits per heavy atom. The van der Waals surface area contributed by atoms with Crippen LogP contribution in [0.1, 0.15) is 0 Å². The summed E-state index contributed by atoms with van der Waals surface area (Å²) in [5.41, 5.74) is 0. The van der Waals surface area contributed by atoms with Gasteiger partial charge in [-0.1, -0.05) is 36.4 Å². The Labute approximate surface area is 132 Å². The monoisotopic (exact) mass is 330 g/mol. The van der Waals surface area contributed by atoms with Crippen LogP contribution in [0.2, 0.25) is 0 Å². The van der Waals surface area contributed by atoms with Gasteiger partial charge in [0.1, 0.15) is 17.5 Å². The van der Waals surface area contributed by atoms with Crippen molar-refractivity contribution in [3.8, 4) is 0 Å². The van der Waals surface area contributed by atoms with Crippen LogP contribution in [0.4, 0.5) is 13.2 Å². The lowest BCUT2D eigenvalue weighted by Crippen LogP contribution is -2.67. The molecule has 1 nitrogen and oxygen atoms in total. The van der Waals surface area contributed by atoms with Crippen LogP contribution in [0, 0.1) is 17.5 Å². The van der Waals surface area contributed by atoms with Gasteiger partial charge in [-0.15, -0.1) is 0 Å². The van der Waals surface area contributed by atoms with E-state index in [0.29, 0.717) is 15.6 Å². The van der Waals surface area contributed by atoms with E-state index in [1.54, 1.807) is 0 Å². The van der Waals surface area contributed by atoms with E-state index in [0.717, 1.165) is 0 Å². The van der Waals surface area contributed by atoms with Gasteiger partial charge < -0.3 is 4.80 Å². The van der Waals surface area contributed by atoms with Gasteiger partial charge in [-0.2, -0.15) is 0 Å². The third-order valence-electron chi connectivity index (χ3n) is 3.79. The van der Waals surface area contributed by atoms with Crippen LogP contribution < -0.4 is 15.6 Å². The molecule has 5 heteroatoms. The lowest BCUT2D eigenvalue weighted by Gasteiger charge is -2.27. The molecule has 0 saturated heterocycles. The number of rotatable bonds is 3. The van der Waals surface area contributed by atoms with Gasteiger partial charge >= 0.3 is 0 Å². The highest BCUT2D eigenvalue weighted by Gasteiger charge is 2.38. The van der Waals surface area contributed by atoms with E-state index >= 15 is 0 Å². The Hall–Kier alpha value is -2.37. The Morgan fingerprint density at radius 3 is 0.913 bits per heavy atom. The van der Waals surface area contributed by atoms with Crippen LogP contribution in [-0.2, 0) is 0 Å². The average molecular weight is 330 g/mol. The maximum atomic E-state index is 13.2. The van der Waals surface area contributed by atoms with E-state index in [4.69, 9.17) is 0 Å². The minimum absolute atomic E-state index is 0.414. The van der Waals surface area contributed by atoms with Crippen molar-refractivity contribution in [1.29, 1.82) is 0 Å². The van der Waals surface area contributed by atoms with Crippen molar-refractivity contribution < 1.29 is 18.0 Å². The second-order valence-electron chi connectivity index (χ2n) is 5.23. The SMILES string of the molecule is O[Si](c1ccc(F)cc1)(c1ccc(F)cc1)c1ccc(F)cc1. The minimum atomic E-state index is -3.45. The third-order valence-corrected chi connectivity index (χ3v) is 7.29. The lowest BCUT2D eigenvalue weighted by molar-refractivity contribution is 0.582. The van der Waals surface area contributed by atoms with Gasteiger partial charge in [0.2, 0.25) is 0 Å². The first-order valence-electron chi connectivity index (χ1n) is 7.00. The van der Waals surface area contributed by atoms with Gasteiger partial charge in [0.05, 0.1) is 0 Å². The molecule has 0 saturated carbocycles. The highest BCUT2D eigenvalue weighted by atomic mass is 28.4. The predicted molar refractivity (Wildman–Crippen MR) is 86.1 cm³/mol. The summed E-state index contributed by atoms with van der Waals surface area (Å²) in [6.07, 6.45) is 0. The van der Waals surface area contributed by atoms with Crippen molar-refractivity contribution in [2.24, 2.45) is 0 Å².